The van der Waals surface area contributed by atoms with E-state index in [2.05, 4.69) is 11.1 Å². The summed E-state index contributed by atoms with van der Waals surface area (Å²) in [5, 5.41) is 9.32. The van der Waals surface area contributed by atoms with Gasteiger partial charge in [-0.3, -0.25) is 19.1 Å². The molecule has 4 rings (SSSR count). The molecule has 2 N–H and O–H groups in total. The maximum absolute atomic E-state index is 13.3. The van der Waals surface area contributed by atoms with Crippen LogP contribution in [-0.4, -0.2) is 28.4 Å². The van der Waals surface area contributed by atoms with Gasteiger partial charge in [-0.15, -0.1) is 0 Å². The molecule has 154 valence electrons. The number of carbonyl (C=O) groups excluding carboxylic acids is 1. The number of rotatable bonds is 3. The lowest BCUT2D eigenvalue weighted by Crippen LogP contribution is -2.52. The van der Waals surface area contributed by atoms with Crippen LogP contribution in [0.5, 0.6) is 0 Å². The summed E-state index contributed by atoms with van der Waals surface area (Å²) >= 11 is 0. The van der Waals surface area contributed by atoms with Gasteiger partial charge in [-0.2, -0.15) is 5.26 Å². The molecule has 0 saturated carbocycles. The van der Waals surface area contributed by atoms with Gasteiger partial charge < -0.3 is 5.73 Å². The predicted molar refractivity (Wildman–Crippen MR) is 118 cm³/mol. The number of aromatic nitrogens is 1. The molecular weight excluding hydrogens is 390 g/mol. The quantitative estimate of drug-likeness (QED) is 0.715. The maximum Gasteiger partial charge on any atom is 0.255 e. The van der Waals surface area contributed by atoms with Gasteiger partial charge >= 0.3 is 0 Å². The first kappa shape index (κ1) is 20.1. The molecule has 1 aliphatic rings. The summed E-state index contributed by atoms with van der Waals surface area (Å²) in [6, 6.07) is 21.4. The van der Waals surface area contributed by atoms with Gasteiger partial charge in [-0.25, -0.2) is 4.99 Å². The third kappa shape index (κ3) is 3.38. The molecule has 0 aliphatic carbocycles. The van der Waals surface area contributed by atoms with Gasteiger partial charge in [0.2, 0.25) is 5.91 Å². The Morgan fingerprint density at radius 2 is 1.81 bits per heavy atom. The summed E-state index contributed by atoms with van der Waals surface area (Å²) in [6.07, 6.45) is 1.69. The van der Waals surface area contributed by atoms with Crippen molar-refractivity contribution < 1.29 is 4.79 Å². The van der Waals surface area contributed by atoms with E-state index in [9.17, 15) is 14.9 Å². The first-order valence-corrected chi connectivity index (χ1v) is 9.77. The Hall–Kier alpha value is -4.18. The number of guanidine groups is 1. The standard InChI is InChI=1S/C24H21N5O2/c1-24(18-7-5-6-16(14-18)15-25)21(22(31)28(2)23(26)27-24)17-9-11-19(12-10-17)29-13-4-3-8-20(29)30/h3-14,21H,1-2H3,(H2,26,27)/t21-,24+/m0/s1. The van der Waals surface area contributed by atoms with Crippen LogP contribution in [0.15, 0.2) is 82.7 Å². The van der Waals surface area contributed by atoms with E-state index < -0.39 is 11.5 Å². The van der Waals surface area contributed by atoms with Crippen LogP contribution in [0, 0.1) is 11.3 Å². The van der Waals surface area contributed by atoms with Gasteiger partial charge in [0.25, 0.3) is 5.56 Å². The first-order chi connectivity index (χ1) is 14.8. The van der Waals surface area contributed by atoms with Gasteiger partial charge in [-0.1, -0.05) is 30.3 Å². The molecule has 1 amide bonds. The first-order valence-electron chi connectivity index (χ1n) is 9.77. The van der Waals surface area contributed by atoms with Crippen molar-refractivity contribution in [3.05, 3.63) is 100.0 Å². The molecule has 31 heavy (non-hydrogen) atoms. The second-order valence-electron chi connectivity index (χ2n) is 7.64. The van der Waals surface area contributed by atoms with Crippen molar-refractivity contribution in [2.75, 3.05) is 7.05 Å². The lowest BCUT2D eigenvalue weighted by atomic mass is 9.74. The number of amides is 1. The number of nitriles is 1. The summed E-state index contributed by atoms with van der Waals surface area (Å²) < 4.78 is 1.53. The van der Waals surface area contributed by atoms with Gasteiger partial charge in [0.05, 0.1) is 17.6 Å². The highest BCUT2D eigenvalue weighted by atomic mass is 16.2. The van der Waals surface area contributed by atoms with Crippen LogP contribution in [0.4, 0.5) is 0 Å². The molecule has 7 heteroatoms. The molecule has 0 saturated heterocycles. The van der Waals surface area contributed by atoms with Crippen molar-refractivity contribution in [3.63, 3.8) is 0 Å². The molecular formula is C24H21N5O2. The fourth-order valence-electron chi connectivity index (χ4n) is 3.99. The van der Waals surface area contributed by atoms with Gasteiger partial charge in [0.1, 0.15) is 5.54 Å². The molecule has 2 aromatic carbocycles. The molecule has 0 spiro atoms. The van der Waals surface area contributed by atoms with Crippen LogP contribution in [0.2, 0.25) is 0 Å². The lowest BCUT2D eigenvalue weighted by molar-refractivity contribution is -0.130. The van der Waals surface area contributed by atoms with Crippen LogP contribution in [0.1, 0.15) is 29.5 Å². The molecule has 2 heterocycles. The smallest absolute Gasteiger partial charge is 0.255 e. The average molecular weight is 411 g/mol. The Bertz CT molecular complexity index is 1290. The fraction of sp³-hybridized carbons (Fsp3) is 0.167. The molecule has 0 fully saturated rings. The third-order valence-corrected chi connectivity index (χ3v) is 5.73. The number of pyridine rings is 1. The Kier molecular flexibility index (Phi) is 4.91. The van der Waals surface area contributed by atoms with Crippen LogP contribution in [0.25, 0.3) is 5.69 Å². The maximum atomic E-state index is 13.3. The normalized spacial score (nSPS) is 20.8. The van der Waals surface area contributed by atoms with Crippen molar-refractivity contribution in [3.8, 4) is 11.8 Å². The van der Waals surface area contributed by atoms with E-state index >= 15 is 0 Å². The minimum atomic E-state index is -0.994. The van der Waals surface area contributed by atoms with Crippen LogP contribution in [-0.2, 0) is 10.3 Å². The van der Waals surface area contributed by atoms with Crippen LogP contribution in [0.3, 0.4) is 0 Å². The Labute approximate surface area is 179 Å². The van der Waals surface area contributed by atoms with Crippen molar-refractivity contribution in [2.45, 2.75) is 18.4 Å². The average Bonchev–Trinajstić information content (AvgIpc) is 2.78. The Morgan fingerprint density at radius 3 is 2.48 bits per heavy atom. The summed E-state index contributed by atoms with van der Waals surface area (Å²) in [6.45, 7) is 1.85. The van der Waals surface area contributed by atoms with E-state index in [0.29, 0.717) is 11.3 Å². The number of nitrogens with zero attached hydrogens (tertiary/aromatic N) is 4. The summed E-state index contributed by atoms with van der Waals surface area (Å²) in [7, 11) is 1.59. The van der Waals surface area contributed by atoms with Crippen LogP contribution < -0.4 is 11.3 Å². The van der Waals surface area contributed by atoms with E-state index in [4.69, 9.17) is 5.73 Å². The Morgan fingerprint density at radius 1 is 1.06 bits per heavy atom. The summed E-state index contributed by atoms with van der Waals surface area (Å²) in [5.41, 5.74) is 7.57. The van der Waals surface area contributed by atoms with E-state index in [1.165, 1.54) is 15.5 Å². The largest absolute Gasteiger partial charge is 0.369 e. The van der Waals surface area contributed by atoms with Gasteiger partial charge in [-0.05, 0) is 48.4 Å². The summed E-state index contributed by atoms with van der Waals surface area (Å²) in [5.74, 6) is -0.721. The SMILES string of the molecule is CN1C(=O)[C@H](c2ccc(-n3ccccc3=O)cc2)[C@@](C)(c2cccc(C#N)c2)N=C1N. The van der Waals surface area contributed by atoms with E-state index in [0.717, 1.165) is 11.1 Å². The number of likely N-dealkylation sites (N-methyl/N-ethyl adjacent to an activating group) is 1. The second kappa shape index (κ2) is 7.58. The van der Waals surface area contributed by atoms with E-state index in [1.807, 2.05) is 25.1 Å². The second-order valence-corrected chi connectivity index (χ2v) is 7.64. The number of benzene rings is 2. The Balaban J connectivity index is 1.84. The minimum absolute atomic E-state index is 0.124. The zero-order valence-electron chi connectivity index (χ0n) is 17.2. The molecule has 1 aromatic heterocycles. The number of carbonyl (C=O) groups is 1. The highest BCUT2D eigenvalue weighted by molar-refractivity contribution is 6.02. The van der Waals surface area contributed by atoms with Crippen molar-refractivity contribution in [1.29, 1.82) is 5.26 Å². The molecule has 0 unspecified atom stereocenters. The number of nitrogens with two attached hydrogens (primary N) is 1. The van der Waals surface area contributed by atoms with Crippen LogP contribution >= 0.6 is 0 Å². The molecule has 0 bridgehead atoms. The summed E-state index contributed by atoms with van der Waals surface area (Å²) in [4.78, 5) is 31.5. The van der Waals surface area contributed by atoms with Crippen molar-refractivity contribution >= 4 is 11.9 Å². The zero-order chi connectivity index (χ0) is 22.2. The highest BCUT2D eigenvalue weighted by Gasteiger charge is 2.47. The minimum Gasteiger partial charge on any atom is -0.369 e. The lowest BCUT2D eigenvalue weighted by Gasteiger charge is -2.41. The van der Waals surface area contributed by atoms with E-state index in [1.54, 1.807) is 55.7 Å². The van der Waals surface area contributed by atoms with Gasteiger partial charge in [0.15, 0.2) is 5.96 Å². The zero-order valence-corrected chi connectivity index (χ0v) is 17.2. The third-order valence-electron chi connectivity index (χ3n) is 5.73. The predicted octanol–water partition coefficient (Wildman–Crippen LogP) is 2.49. The molecule has 1 aliphatic heterocycles. The molecule has 7 nitrogen and oxygen atoms in total. The van der Waals surface area contributed by atoms with Crippen molar-refractivity contribution in [1.82, 2.24) is 9.47 Å². The molecule has 2 atom stereocenters. The van der Waals surface area contributed by atoms with Crippen molar-refractivity contribution in [2.24, 2.45) is 10.7 Å². The van der Waals surface area contributed by atoms with Gasteiger partial charge in [0, 0.05) is 25.0 Å². The molecule has 0 radical (unpaired) electrons. The number of aliphatic imine (C=N–C) groups is 1. The fourth-order valence-corrected chi connectivity index (χ4v) is 3.99. The topological polar surface area (TPSA) is 104 Å². The number of hydrogen-bond donors (Lipinski definition) is 1. The monoisotopic (exact) mass is 411 g/mol. The van der Waals surface area contributed by atoms with E-state index in [-0.39, 0.29) is 17.4 Å². The number of hydrogen-bond acceptors (Lipinski definition) is 5. The highest BCUT2D eigenvalue weighted by Crippen LogP contribution is 2.44. The molecule has 3 aromatic rings.